The van der Waals surface area contributed by atoms with Gasteiger partial charge in [0.05, 0.1) is 24.3 Å². The lowest BCUT2D eigenvalue weighted by Gasteiger charge is -2.31. The molecule has 136 valence electrons. The molecule has 4 rings (SSSR count). The van der Waals surface area contributed by atoms with Gasteiger partial charge in [-0.1, -0.05) is 0 Å². The lowest BCUT2D eigenvalue weighted by molar-refractivity contribution is 0.000308. The molecule has 2 aromatic heterocycles. The fraction of sp³-hybridized carbons (Fsp3) is 0.421. The van der Waals surface area contributed by atoms with Crippen molar-refractivity contribution in [1.82, 2.24) is 14.9 Å². The van der Waals surface area contributed by atoms with Gasteiger partial charge in [-0.2, -0.15) is 0 Å². The lowest BCUT2D eigenvalue weighted by Crippen LogP contribution is -2.47. The largest absolute Gasteiger partial charge is 0.467 e. The highest BCUT2D eigenvalue weighted by molar-refractivity contribution is 5.94. The van der Waals surface area contributed by atoms with Gasteiger partial charge < -0.3 is 14.4 Å². The molecule has 7 heteroatoms. The van der Waals surface area contributed by atoms with Crippen LogP contribution in [0.3, 0.4) is 0 Å². The number of hydrogen-bond donors (Lipinski definition) is 0. The van der Waals surface area contributed by atoms with E-state index in [1.54, 1.807) is 17.2 Å². The topological polar surface area (TPSA) is 64.6 Å². The standard InChI is InChI=1S/C19H20FN3O3/c1-12-4-5-13(11-22-12)19(24)23-9-10-25-16-7-6-15(23)17(16)26-18-14(20)3-2-8-21-18/h2-5,8,11,15-17H,6-7,9-10H2,1H3. The summed E-state index contributed by atoms with van der Waals surface area (Å²) in [4.78, 5) is 23.0. The lowest BCUT2D eigenvalue weighted by atomic mass is 10.1. The Balaban J connectivity index is 1.59. The number of fused-ring (bicyclic) bond motifs is 2. The maximum atomic E-state index is 14.0. The molecule has 3 unspecified atom stereocenters. The van der Waals surface area contributed by atoms with E-state index in [1.165, 1.54) is 18.3 Å². The molecule has 0 spiro atoms. The Labute approximate surface area is 151 Å². The SMILES string of the molecule is Cc1ccc(C(=O)N2CCOC3CCC2C3Oc2ncccc2F)cn1. The Morgan fingerprint density at radius 1 is 1.31 bits per heavy atom. The van der Waals surface area contributed by atoms with Crippen LogP contribution in [0.5, 0.6) is 5.88 Å². The van der Waals surface area contributed by atoms with Crippen LogP contribution in [0.4, 0.5) is 4.39 Å². The highest BCUT2D eigenvalue weighted by Gasteiger charge is 2.46. The van der Waals surface area contributed by atoms with E-state index in [0.29, 0.717) is 18.7 Å². The molecule has 1 amide bonds. The first-order chi connectivity index (χ1) is 12.6. The van der Waals surface area contributed by atoms with Gasteiger partial charge in [0.25, 0.3) is 11.8 Å². The number of pyridine rings is 2. The monoisotopic (exact) mass is 357 g/mol. The van der Waals surface area contributed by atoms with Crippen LogP contribution in [0.25, 0.3) is 0 Å². The summed E-state index contributed by atoms with van der Waals surface area (Å²) >= 11 is 0. The zero-order valence-corrected chi connectivity index (χ0v) is 14.5. The molecule has 0 aromatic carbocycles. The molecular weight excluding hydrogens is 337 g/mol. The summed E-state index contributed by atoms with van der Waals surface area (Å²) in [7, 11) is 0. The van der Waals surface area contributed by atoms with Crippen molar-refractivity contribution in [3.63, 3.8) is 0 Å². The van der Waals surface area contributed by atoms with Crippen LogP contribution in [-0.2, 0) is 4.74 Å². The maximum absolute atomic E-state index is 14.0. The number of hydrogen-bond acceptors (Lipinski definition) is 5. The Hall–Kier alpha value is -2.54. The molecule has 6 nitrogen and oxygen atoms in total. The third-order valence-electron chi connectivity index (χ3n) is 4.95. The van der Waals surface area contributed by atoms with E-state index >= 15 is 0 Å². The fourth-order valence-electron chi connectivity index (χ4n) is 3.64. The Morgan fingerprint density at radius 3 is 2.96 bits per heavy atom. The Bertz CT molecular complexity index is 799. The Morgan fingerprint density at radius 2 is 2.19 bits per heavy atom. The predicted molar refractivity (Wildman–Crippen MR) is 91.4 cm³/mol. The van der Waals surface area contributed by atoms with Crippen molar-refractivity contribution < 1.29 is 18.7 Å². The van der Waals surface area contributed by atoms with Crippen LogP contribution in [0.2, 0.25) is 0 Å². The minimum absolute atomic E-state index is 0.0516. The summed E-state index contributed by atoms with van der Waals surface area (Å²) in [6, 6.07) is 6.23. The maximum Gasteiger partial charge on any atom is 0.255 e. The van der Waals surface area contributed by atoms with Crippen LogP contribution in [-0.4, -0.2) is 52.2 Å². The molecule has 3 heterocycles. The van der Waals surface area contributed by atoms with E-state index < -0.39 is 11.9 Å². The molecule has 1 aliphatic carbocycles. The number of rotatable bonds is 3. The second-order valence-corrected chi connectivity index (χ2v) is 6.61. The van der Waals surface area contributed by atoms with Crippen molar-refractivity contribution in [2.75, 3.05) is 13.2 Å². The van der Waals surface area contributed by atoms with Gasteiger partial charge in [0.15, 0.2) is 5.82 Å². The normalized spacial score (nSPS) is 25.0. The van der Waals surface area contributed by atoms with E-state index in [9.17, 15) is 9.18 Å². The van der Waals surface area contributed by atoms with Gasteiger partial charge in [-0.15, -0.1) is 0 Å². The molecule has 0 radical (unpaired) electrons. The van der Waals surface area contributed by atoms with Crippen molar-refractivity contribution in [3.05, 3.63) is 53.7 Å². The van der Waals surface area contributed by atoms with Gasteiger partial charge in [0.1, 0.15) is 6.10 Å². The minimum Gasteiger partial charge on any atom is -0.467 e. The Kier molecular flexibility index (Phi) is 4.55. The van der Waals surface area contributed by atoms with Crippen LogP contribution in [0.15, 0.2) is 36.7 Å². The fourth-order valence-corrected chi connectivity index (χ4v) is 3.64. The number of halogens is 1. The number of carbonyl (C=O) groups is 1. The van der Waals surface area contributed by atoms with Crippen LogP contribution >= 0.6 is 0 Å². The zero-order valence-electron chi connectivity index (χ0n) is 14.5. The van der Waals surface area contributed by atoms with E-state index in [-0.39, 0.29) is 23.9 Å². The molecule has 2 fully saturated rings. The average molecular weight is 357 g/mol. The number of amides is 1. The van der Waals surface area contributed by atoms with Gasteiger partial charge in [-0.05, 0) is 44.0 Å². The number of aromatic nitrogens is 2. The molecule has 0 N–H and O–H groups in total. The molecule has 2 aliphatic rings. The molecule has 1 aliphatic heterocycles. The molecule has 3 atom stereocenters. The van der Waals surface area contributed by atoms with Gasteiger partial charge in [0.2, 0.25) is 0 Å². The van der Waals surface area contributed by atoms with E-state index in [4.69, 9.17) is 9.47 Å². The molecule has 1 saturated heterocycles. The molecule has 2 bridgehead atoms. The minimum atomic E-state index is -0.517. The molecule has 1 saturated carbocycles. The van der Waals surface area contributed by atoms with Crippen LogP contribution in [0, 0.1) is 12.7 Å². The molecule has 2 aromatic rings. The van der Waals surface area contributed by atoms with Crippen LogP contribution in [0.1, 0.15) is 28.9 Å². The smallest absolute Gasteiger partial charge is 0.255 e. The summed E-state index contributed by atoms with van der Waals surface area (Å²) in [6.45, 7) is 2.77. The summed E-state index contributed by atoms with van der Waals surface area (Å²) in [5.41, 5.74) is 1.39. The quantitative estimate of drug-likeness (QED) is 0.844. The first-order valence-electron chi connectivity index (χ1n) is 8.76. The van der Waals surface area contributed by atoms with Gasteiger partial charge in [-0.3, -0.25) is 9.78 Å². The van der Waals surface area contributed by atoms with Gasteiger partial charge in [0, 0.05) is 24.6 Å². The first kappa shape index (κ1) is 16.9. The highest BCUT2D eigenvalue weighted by Crippen LogP contribution is 2.33. The summed E-state index contributed by atoms with van der Waals surface area (Å²) < 4.78 is 25.7. The van der Waals surface area contributed by atoms with Gasteiger partial charge >= 0.3 is 0 Å². The van der Waals surface area contributed by atoms with Crippen molar-refractivity contribution in [3.8, 4) is 5.88 Å². The van der Waals surface area contributed by atoms with Crippen molar-refractivity contribution >= 4 is 5.91 Å². The van der Waals surface area contributed by atoms with E-state index in [1.807, 2.05) is 13.0 Å². The summed E-state index contributed by atoms with van der Waals surface area (Å²) in [5.74, 6) is -0.676. The number of carbonyl (C=O) groups excluding carboxylic acids is 1. The third-order valence-corrected chi connectivity index (χ3v) is 4.95. The predicted octanol–water partition coefficient (Wildman–Crippen LogP) is 2.38. The number of nitrogens with zero attached hydrogens (tertiary/aromatic N) is 3. The average Bonchev–Trinajstić information content (AvgIpc) is 2.92. The van der Waals surface area contributed by atoms with Crippen molar-refractivity contribution in [2.24, 2.45) is 0 Å². The second-order valence-electron chi connectivity index (χ2n) is 6.61. The zero-order chi connectivity index (χ0) is 18.1. The number of aryl methyl sites for hydroxylation is 1. The van der Waals surface area contributed by atoms with Crippen molar-refractivity contribution in [1.29, 1.82) is 0 Å². The molecule has 26 heavy (non-hydrogen) atoms. The highest BCUT2D eigenvalue weighted by atomic mass is 19.1. The second kappa shape index (κ2) is 6.99. The number of ether oxygens (including phenoxy) is 2. The van der Waals surface area contributed by atoms with E-state index in [0.717, 1.165) is 18.5 Å². The van der Waals surface area contributed by atoms with Gasteiger partial charge in [-0.25, -0.2) is 9.37 Å². The summed E-state index contributed by atoms with van der Waals surface area (Å²) in [5, 5.41) is 0. The third kappa shape index (κ3) is 3.14. The summed E-state index contributed by atoms with van der Waals surface area (Å²) in [6.07, 6.45) is 3.97. The first-order valence-corrected chi connectivity index (χ1v) is 8.76. The van der Waals surface area contributed by atoms with Crippen LogP contribution < -0.4 is 4.74 Å². The van der Waals surface area contributed by atoms with E-state index in [2.05, 4.69) is 9.97 Å². The molecular formula is C19H20FN3O3. The van der Waals surface area contributed by atoms with Crippen molar-refractivity contribution in [2.45, 2.75) is 38.0 Å².